The maximum atomic E-state index is 11.4. The van der Waals surface area contributed by atoms with E-state index >= 15 is 0 Å². The van der Waals surface area contributed by atoms with Gasteiger partial charge < -0.3 is 41.0 Å². The molecule has 0 heterocycles. The molecule has 0 spiro atoms. The van der Waals surface area contributed by atoms with Gasteiger partial charge in [-0.05, 0) is 105 Å². The second kappa shape index (κ2) is 22.6. The molecule has 298 valence electrons. The van der Waals surface area contributed by atoms with E-state index in [9.17, 15) is 29.8 Å². The van der Waals surface area contributed by atoms with Crippen molar-refractivity contribution >= 4 is 41.2 Å². The van der Waals surface area contributed by atoms with Gasteiger partial charge in [-0.1, -0.05) is 11.6 Å². The highest BCUT2D eigenvalue weighted by atomic mass is 35.5. The number of methoxy groups -OCH3 is 2. The van der Waals surface area contributed by atoms with Crippen molar-refractivity contribution in [3.63, 3.8) is 0 Å². The molecule has 0 atom stereocenters. The Kier molecular flexibility index (Phi) is 19.9. The van der Waals surface area contributed by atoms with Crippen molar-refractivity contribution < 1.29 is 38.4 Å². The number of anilines is 1. The number of nitrogens with two attached hydrogens (primary N) is 2. The van der Waals surface area contributed by atoms with Gasteiger partial charge in [-0.25, -0.2) is 4.79 Å². The van der Waals surface area contributed by atoms with Crippen molar-refractivity contribution in [3.05, 3.63) is 61.6 Å². The summed E-state index contributed by atoms with van der Waals surface area (Å²) in [5.74, 6) is 1.12. The van der Waals surface area contributed by atoms with Gasteiger partial charge in [0.25, 0.3) is 17.8 Å². The number of nitro groups is 2. The van der Waals surface area contributed by atoms with Crippen LogP contribution in [0.4, 0.5) is 21.9 Å². The van der Waals surface area contributed by atoms with Crippen LogP contribution in [0.5, 0.6) is 11.5 Å². The van der Waals surface area contributed by atoms with Gasteiger partial charge in [0.15, 0.2) is 0 Å². The van der Waals surface area contributed by atoms with Gasteiger partial charge in [-0.3, -0.25) is 25.0 Å². The van der Waals surface area contributed by atoms with Gasteiger partial charge in [0.1, 0.15) is 33.4 Å². The summed E-state index contributed by atoms with van der Waals surface area (Å²) in [4.78, 5) is 41.4. The summed E-state index contributed by atoms with van der Waals surface area (Å²) in [7, 11) is 3.02. The SMILES string of the molecule is CC(C)(C)OC(=O)NC1CCC(N)CC1.CC(C)(C)OC=O.COc1ccc([N+](=O)[O-])c(Cl)c1.COc1ccc([N+](=O)[O-])c(NC2CCC(N)CC2)c1. The zero-order valence-corrected chi connectivity index (χ0v) is 32.8. The van der Waals surface area contributed by atoms with E-state index in [1.165, 1.54) is 31.4 Å². The van der Waals surface area contributed by atoms with Gasteiger partial charge in [0.2, 0.25) is 0 Å². The third-order valence-electron chi connectivity index (χ3n) is 7.78. The Morgan fingerprint density at radius 2 is 1.23 bits per heavy atom. The first-order valence-corrected chi connectivity index (χ1v) is 17.7. The maximum Gasteiger partial charge on any atom is 0.407 e. The normalized spacial score (nSPS) is 19.5. The molecule has 1 amide bonds. The fourth-order valence-electron chi connectivity index (χ4n) is 5.05. The number of nitrogens with one attached hydrogen (secondary N) is 2. The Labute approximate surface area is 316 Å². The number of ether oxygens (including phenoxy) is 4. The van der Waals surface area contributed by atoms with Crippen LogP contribution in [0.25, 0.3) is 0 Å². The minimum absolute atomic E-state index is 0.0793. The van der Waals surface area contributed by atoms with Crippen LogP contribution in [0.3, 0.4) is 0 Å². The van der Waals surface area contributed by atoms with E-state index in [1.54, 1.807) is 19.2 Å². The number of rotatable bonds is 8. The molecule has 2 aromatic carbocycles. The molecule has 0 aromatic heterocycles. The molecule has 0 unspecified atom stereocenters. The fraction of sp³-hybridized carbons (Fsp3) is 0.611. The molecule has 0 saturated heterocycles. The maximum absolute atomic E-state index is 11.4. The van der Waals surface area contributed by atoms with Gasteiger partial charge in [0.05, 0.1) is 24.1 Å². The Bertz CT molecular complexity index is 1450. The van der Waals surface area contributed by atoms with Crippen molar-refractivity contribution in [2.75, 3.05) is 19.5 Å². The lowest BCUT2D eigenvalue weighted by molar-refractivity contribution is -0.384. The number of halogens is 1. The van der Waals surface area contributed by atoms with Gasteiger partial charge in [0, 0.05) is 48.4 Å². The van der Waals surface area contributed by atoms with Crippen molar-refractivity contribution in [2.45, 2.75) is 128 Å². The van der Waals surface area contributed by atoms with E-state index in [4.69, 9.17) is 37.3 Å². The number of alkyl carbamates (subject to hydrolysis) is 1. The number of hydrogen-bond donors (Lipinski definition) is 4. The predicted octanol–water partition coefficient (Wildman–Crippen LogP) is 7.28. The second-order valence-corrected chi connectivity index (χ2v) is 15.0. The molecule has 2 aromatic rings. The van der Waals surface area contributed by atoms with E-state index in [0.29, 0.717) is 29.7 Å². The number of nitrogens with zero attached hydrogens (tertiary/aromatic N) is 2. The van der Waals surface area contributed by atoms with Crippen molar-refractivity contribution in [1.29, 1.82) is 0 Å². The monoisotopic (exact) mass is 768 g/mol. The lowest BCUT2D eigenvalue weighted by Crippen LogP contribution is -2.42. The third-order valence-corrected chi connectivity index (χ3v) is 8.08. The molecule has 0 aliphatic heterocycles. The van der Waals surface area contributed by atoms with E-state index < -0.39 is 10.5 Å². The molecular weight excluding hydrogens is 712 g/mol. The average molecular weight is 769 g/mol. The smallest absolute Gasteiger partial charge is 0.407 e. The van der Waals surface area contributed by atoms with Gasteiger partial charge in [-0.2, -0.15) is 0 Å². The van der Waals surface area contributed by atoms with Crippen LogP contribution in [0, 0.1) is 20.2 Å². The number of carbonyl (C=O) groups is 2. The zero-order valence-electron chi connectivity index (χ0n) is 32.0. The Morgan fingerprint density at radius 1 is 0.774 bits per heavy atom. The summed E-state index contributed by atoms with van der Waals surface area (Å²) in [5, 5.41) is 27.5. The summed E-state index contributed by atoms with van der Waals surface area (Å²) < 4.78 is 19.7. The molecule has 4 rings (SSSR count). The van der Waals surface area contributed by atoms with Crippen LogP contribution >= 0.6 is 11.6 Å². The van der Waals surface area contributed by atoms with E-state index in [2.05, 4.69) is 15.4 Å². The Hall–Kier alpha value is -4.41. The molecule has 2 saturated carbocycles. The predicted molar refractivity (Wildman–Crippen MR) is 205 cm³/mol. The highest BCUT2D eigenvalue weighted by molar-refractivity contribution is 6.32. The largest absolute Gasteiger partial charge is 0.497 e. The molecule has 53 heavy (non-hydrogen) atoms. The van der Waals surface area contributed by atoms with Crippen LogP contribution in [0.15, 0.2) is 36.4 Å². The minimum atomic E-state index is -0.540. The Morgan fingerprint density at radius 3 is 1.60 bits per heavy atom. The van der Waals surface area contributed by atoms with E-state index in [1.807, 2.05) is 41.5 Å². The lowest BCUT2D eigenvalue weighted by atomic mass is 9.91. The summed E-state index contributed by atoms with van der Waals surface area (Å²) in [6.45, 7) is 11.5. The van der Waals surface area contributed by atoms with E-state index in [-0.39, 0.29) is 51.1 Å². The van der Waals surface area contributed by atoms with Crippen molar-refractivity contribution in [1.82, 2.24) is 5.32 Å². The van der Waals surface area contributed by atoms with Crippen molar-refractivity contribution in [2.24, 2.45) is 11.5 Å². The minimum Gasteiger partial charge on any atom is -0.497 e. The van der Waals surface area contributed by atoms with Crippen molar-refractivity contribution in [3.8, 4) is 11.5 Å². The summed E-state index contributed by atoms with van der Waals surface area (Å²) in [6.07, 6.45) is 7.36. The third kappa shape index (κ3) is 19.9. The quantitative estimate of drug-likeness (QED) is 0.118. The number of carbonyl (C=O) groups excluding carboxylic acids is 2. The fourth-order valence-corrected chi connectivity index (χ4v) is 5.28. The topological polar surface area (TPSA) is 233 Å². The van der Waals surface area contributed by atoms with E-state index in [0.717, 1.165) is 51.4 Å². The van der Waals surface area contributed by atoms with Crippen LogP contribution in [-0.2, 0) is 14.3 Å². The molecule has 6 N–H and O–H groups in total. The van der Waals surface area contributed by atoms with Crippen LogP contribution in [0.2, 0.25) is 5.02 Å². The zero-order chi connectivity index (χ0) is 40.4. The first-order valence-electron chi connectivity index (χ1n) is 17.4. The molecule has 2 aliphatic carbocycles. The average Bonchev–Trinajstić information content (AvgIpc) is 3.06. The number of hydrogen-bond acceptors (Lipinski definition) is 13. The summed E-state index contributed by atoms with van der Waals surface area (Å²) >= 11 is 5.58. The second-order valence-electron chi connectivity index (χ2n) is 14.6. The Balaban J connectivity index is 0.000000373. The molecule has 16 nitrogen and oxygen atoms in total. The molecule has 2 fully saturated rings. The molecule has 17 heteroatoms. The van der Waals surface area contributed by atoms with Crippen LogP contribution in [0.1, 0.15) is 92.9 Å². The molecule has 0 radical (unpaired) electrons. The number of nitro benzene ring substituents is 2. The molecule has 2 aliphatic rings. The number of benzene rings is 2. The van der Waals surface area contributed by atoms with Gasteiger partial charge in [-0.15, -0.1) is 0 Å². The first-order chi connectivity index (χ1) is 24.7. The number of amides is 1. The summed E-state index contributed by atoms with van der Waals surface area (Å²) in [6, 6.07) is 9.98. The van der Waals surface area contributed by atoms with Crippen LogP contribution in [-0.4, -0.2) is 72.0 Å². The molecular formula is C36H57ClN6O10. The summed E-state index contributed by atoms with van der Waals surface area (Å²) in [5.41, 5.74) is 11.4. The standard InChI is InChI=1S/C13H19N3O3.C11H22N2O2.C7H6ClNO3.C5H10O2/c1-19-11-6-7-13(16(17)18)12(8-11)15-10-4-2-9(14)3-5-10;1-11(2,3)15-10(14)13-9-6-4-8(12)5-7-9;1-12-5-2-3-7(9(10)11)6(8)4-5;1-5(2,3)7-4-6/h6-10,15H,2-5,14H2,1H3;8-9H,4-7,12H2,1-3H3,(H,13,14);2-4H,1H3;4H,1-3H3. The first kappa shape index (κ1) is 46.6. The van der Waals surface area contributed by atoms with Gasteiger partial charge >= 0.3 is 6.09 Å². The highest BCUT2D eigenvalue weighted by Crippen LogP contribution is 2.32. The highest BCUT2D eigenvalue weighted by Gasteiger charge is 2.24. The van der Waals surface area contributed by atoms with Crippen LogP contribution < -0.4 is 31.6 Å². The molecule has 0 bridgehead atoms. The lowest BCUT2D eigenvalue weighted by Gasteiger charge is -2.28.